The molecule has 3 atom stereocenters. The van der Waals surface area contributed by atoms with Gasteiger partial charge in [0.1, 0.15) is 5.00 Å². The lowest BCUT2D eigenvalue weighted by Gasteiger charge is -2.34. The standard InChI is InChI=1S/C20H30N2O4S/c1-5-25-20(24)18-15-7-6-12(2)8-16(15)27-19(18)21-17(23)11-22-9-13(3)26-14(4)10-22/h12-14H,5-11H2,1-4H3,(H,21,23)/t12-,13-,14+/m0/s1. The summed E-state index contributed by atoms with van der Waals surface area (Å²) < 4.78 is 11.0. The van der Waals surface area contributed by atoms with Crippen molar-refractivity contribution in [1.82, 2.24) is 4.90 Å². The number of morpholine rings is 1. The Morgan fingerprint density at radius 2 is 1.96 bits per heavy atom. The molecule has 2 aliphatic rings. The number of hydrogen-bond acceptors (Lipinski definition) is 6. The number of fused-ring (bicyclic) bond motifs is 1. The molecule has 1 amide bonds. The lowest BCUT2D eigenvalue weighted by atomic mass is 9.88. The Bertz CT molecular complexity index is 692. The van der Waals surface area contributed by atoms with Crippen molar-refractivity contribution in [1.29, 1.82) is 0 Å². The van der Waals surface area contributed by atoms with Crippen molar-refractivity contribution < 1.29 is 19.1 Å². The number of hydrogen-bond donors (Lipinski definition) is 1. The summed E-state index contributed by atoms with van der Waals surface area (Å²) in [5.41, 5.74) is 1.64. The Kier molecular flexibility index (Phi) is 6.55. The Hall–Kier alpha value is -1.44. The highest BCUT2D eigenvalue weighted by Gasteiger charge is 2.30. The molecule has 150 valence electrons. The normalized spacial score (nSPS) is 25.7. The minimum absolute atomic E-state index is 0.0894. The fourth-order valence-corrected chi connectivity index (χ4v) is 5.46. The van der Waals surface area contributed by atoms with Gasteiger partial charge in [0.05, 0.1) is 30.9 Å². The zero-order valence-electron chi connectivity index (χ0n) is 16.7. The van der Waals surface area contributed by atoms with Gasteiger partial charge in [-0.25, -0.2) is 4.79 Å². The summed E-state index contributed by atoms with van der Waals surface area (Å²) in [5.74, 6) is 0.188. The topological polar surface area (TPSA) is 67.9 Å². The highest BCUT2D eigenvalue weighted by Crippen LogP contribution is 2.40. The van der Waals surface area contributed by atoms with Crippen molar-refractivity contribution in [3.63, 3.8) is 0 Å². The molecule has 1 aliphatic heterocycles. The van der Waals surface area contributed by atoms with Crippen molar-refractivity contribution in [2.24, 2.45) is 5.92 Å². The summed E-state index contributed by atoms with van der Waals surface area (Å²) in [7, 11) is 0. The van der Waals surface area contributed by atoms with E-state index in [0.29, 0.717) is 29.6 Å². The number of anilines is 1. The van der Waals surface area contributed by atoms with Crippen molar-refractivity contribution in [2.45, 2.75) is 59.2 Å². The first-order valence-electron chi connectivity index (χ1n) is 9.86. The van der Waals surface area contributed by atoms with Gasteiger partial charge >= 0.3 is 5.97 Å². The fraction of sp³-hybridized carbons (Fsp3) is 0.700. The summed E-state index contributed by atoms with van der Waals surface area (Å²) in [4.78, 5) is 28.5. The number of ether oxygens (including phenoxy) is 2. The zero-order chi connectivity index (χ0) is 19.6. The molecular weight excluding hydrogens is 364 g/mol. The van der Waals surface area contributed by atoms with Crippen LogP contribution in [0.1, 0.15) is 54.9 Å². The van der Waals surface area contributed by atoms with E-state index < -0.39 is 0 Å². The van der Waals surface area contributed by atoms with E-state index >= 15 is 0 Å². The van der Waals surface area contributed by atoms with Gasteiger partial charge in [-0.05, 0) is 51.5 Å². The quantitative estimate of drug-likeness (QED) is 0.778. The van der Waals surface area contributed by atoms with E-state index in [2.05, 4.69) is 17.1 Å². The molecule has 0 spiro atoms. The molecule has 1 N–H and O–H groups in total. The highest BCUT2D eigenvalue weighted by molar-refractivity contribution is 7.17. The maximum atomic E-state index is 12.7. The van der Waals surface area contributed by atoms with Gasteiger partial charge in [-0.3, -0.25) is 9.69 Å². The van der Waals surface area contributed by atoms with Crippen LogP contribution in [0.15, 0.2) is 0 Å². The van der Waals surface area contributed by atoms with Gasteiger partial charge in [0.25, 0.3) is 0 Å². The van der Waals surface area contributed by atoms with Crippen LogP contribution in [-0.4, -0.2) is 55.2 Å². The summed E-state index contributed by atoms with van der Waals surface area (Å²) >= 11 is 1.54. The van der Waals surface area contributed by atoms with Crippen LogP contribution in [0, 0.1) is 5.92 Å². The predicted molar refractivity (Wildman–Crippen MR) is 107 cm³/mol. The first kappa shape index (κ1) is 20.3. The van der Waals surface area contributed by atoms with Crippen LogP contribution in [0.5, 0.6) is 0 Å². The summed E-state index contributed by atoms with van der Waals surface area (Å²) in [6.07, 6.45) is 3.13. The predicted octanol–water partition coefficient (Wildman–Crippen LogP) is 3.10. The van der Waals surface area contributed by atoms with Crippen LogP contribution in [0.3, 0.4) is 0 Å². The second kappa shape index (κ2) is 8.71. The van der Waals surface area contributed by atoms with Crippen LogP contribution >= 0.6 is 11.3 Å². The third-order valence-electron chi connectivity index (χ3n) is 5.11. The number of carbonyl (C=O) groups is 2. The Labute approximate surface area is 165 Å². The maximum Gasteiger partial charge on any atom is 0.341 e. The SMILES string of the molecule is CCOC(=O)c1c(NC(=O)CN2C[C@@H](C)O[C@@H](C)C2)sc2c1CC[C@H](C)C2. The molecule has 7 heteroatoms. The molecule has 1 saturated heterocycles. The molecular formula is C20H30N2O4S. The summed E-state index contributed by atoms with van der Waals surface area (Å²) in [5, 5.41) is 3.64. The van der Waals surface area contributed by atoms with Gasteiger partial charge in [0.2, 0.25) is 5.91 Å². The molecule has 0 radical (unpaired) electrons. The smallest absolute Gasteiger partial charge is 0.341 e. The molecule has 27 heavy (non-hydrogen) atoms. The molecule has 1 aromatic rings. The van der Waals surface area contributed by atoms with E-state index in [9.17, 15) is 9.59 Å². The van der Waals surface area contributed by atoms with Gasteiger partial charge in [-0.1, -0.05) is 6.92 Å². The van der Waals surface area contributed by atoms with Gasteiger partial charge in [-0.2, -0.15) is 0 Å². The minimum Gasteiger partial charge on any atom is -0.462 e. The third kappa shape index (κ3) is 4.89. The lowest BCUT2D eigenvalue weighted by molar-refractivity contribution is -0.121. The van der Waals surface area contributed by atoms with Crippen molar-refractivity contribution in [3.8, 4) is 0 Å². The number of nitrogens with zero attached hydrogens (tertiary/aromatic N) is 1. The van der Waals surface area contributed by atoms with Gasteiger partial charge in [0, 0.05) is 18.0 Å². The van der Waals surface area contributed by atoms with Crippen LogP contribution < -0.4 is 5.32 Å². The van der Waals surface area contributed by atoms with E-state index in [0.717, 1.165) is 37.9 Å². The number of esters is 1. The van der Waals surface area contributed by atoms with Gasteiger partial charge in [-0.15, -0.1) is 11.3 Å². The van der Waals surface area contributed by atoms with Crippen molar-refractivity contribution in [2.75, 3.05) is 31.6 Å². The molecule has 1 aromatic heterocycles. The van der Waals surface area contributed by atoms with Crippen LogP contribution in [0.25, 0.3) is 0 Å². The Morgan fingerprint density at radius 3 is 2.63 bits per heavy atom. The molecule has 1 fully saturated rings. The number of carbonyl (C=O) groups excluding carboxylic acids is 2. The van der Waals surface area contributed by atoms with E-state index in [1.54, 1.807) is 6.92 Å². The van der Waals surface area contributed by atoms with Crippen LogP contribution in [0.2, 0.25) is 0 Å². The molecule has 0 unspecified atom stereocenters. The van der Waals surface area contributed by atoms with Crippen molar-refractivity contribution >= 4 is 28.2 Å². The average Bonchev–Trinajstić information content (AvgIpc) is 2.90. The average molecular weight is 395 g/mol. The zero-order valence-corrected chi connectivity index (χ0v) is 17.5. The highest BCUT2D eigenvalue weighted by atomic mass is 32.1. The second-order valence-corrected chi connectivity index (χ2v) is 8.88. The summed E-state index contributed by atoms with van der Waals surface area (Å²) in [6.45, 7) is 10.2. The van der Waals surface area contributed by atoms with Gasteiger partial charge < -0.3 is 14.8 Å². The molecule has 1 aliphatic carbocycles. The second-order valence-electron chi connectivity index (χ2n) is 7.78. The molecule has 0 aromatic carbocycles. The summed E-state index contributed by atoms with van der Waals surface area (Å²) in [6, 6.07) is 0. The third-order valence-corrected chi connectivity index (χ3v) is 6.28. The molecule has 6 nitrogen and oxygen atoms in total. The minimum atomic E-state index is -0.325. The van der Waals surface area contributed by atoms with Crippen molar-refractivity contribution in [3.05, 3.63) is 16.0 Å². The molecule has 0 bridgehead atoms. The maximum absolute atomic E-state index is 12.7. The first-order chi connectivity index (χ1) is 12.9. The first-order valence-corrected chi connectivity index (χ1v) is 10.7. The van der Waals surface area contributed by atoms with E-state index in [1.807, 2.05) is 13.8 Å². The lowest BCUT2D eigenvalue weighted by Crippen LogP contribution is -2.48. The Balaban J connectivity index is 1.75. The van der Waals surface area contributed by atoms with Crippen LogP contribution in [0.4, 0.5) is 5.00 Å². The molecule has 0 saturated carbocycles. The fourth-order valence-electron chi connectivity index (χ4n) is 4.04. The molecule has 2 heterocycles. The monoisotopic (exact) mass is 394 g/mol. The number of nitrogens with one attached hydrogen (secondary N) is 1. The largest absolute Gasteiger partial charge is 0.462 e. The number of amides is 1. The van der Waals surface area contributed by atoms with Gasteiger partial charge in [0.15, 0.2) is 0 Å². The number of rotatable bonds is 5. The van der Waals surface area contributed by atoms with E-state index in [-0.39, 0.29) is 24.1 Å². The van der Waals surface area contributed by atoms with Crippen LogP contribution in [-0.2, 0) is 27.1 Å². The molecule has 3 rings (SSSR count). The Morgan fingerprint density at radius 1 is 1.26 bits per heavy atom. The van der Waals surface area contributed by atoms with E-state index in [4.69, 9.17) is 9.47 Å². The van der Waals surface area contributed by atoms with E-state index in [1.165, 1.54) is 16.2 Å². The number of thiophene rings is 1.